The Kier molecular flexibility index (Phi) is 3.76. The summed E-state index contributed by atoms with van der Waals surface area (Å²) in [6.07, 6.45) is 6.24. The zero-order valence-electron chi connectivity index (χ0n) is 11.4. The molecule has 9 heteroatoms. The average Bonchev–Trinajstić information content (AvgIpc) is 3.08. The first-order valence-electron chi connectivity index (χ1n) is 6.83. The Morgan fingerprint density at radius 1 is 1.52 bits per heavy atom. The minimum absolute atomic E-state index is 0.205. The molecule has 2 atom stereocenters. The SMILES string of the molecule is O=C(NOCCn1ccnc1)[C@@H]1CC[C@@H]2CN1C(=O)N2O. The van der Waals surface area contributed by atoms with E-state index in [0.29, 0.717) is 37.6 Å². The number of fused-ring (bicyclic) bond motifs is 2. The van der Waals surface area contributed by atoms with E-state index in [0.717, 1.165) is 0 Å². The summed E-state index contributed by atoms with van der Waals surface area (Å²) in [4.78, 5) is 34.2. The molecule has 0 spiro atoms. The van der Waals surface area contributed by atoms with Crippen LogP contribution in [-0.4, -0.2) is 61.9 Å². The number of urea groups is 1. The molecule has 0 unspecified atom stereocenters. The second-order valence-electron chi connectivity index (χ2n) is 5.14. The number of amides is 3. The first kappa shape index (κ1) is 13.8. The van der Waals surface area contributed by atoms with E-state index in [4.69, 9.17) is 4.84 Å². The van der Waals surface area contributed by atoms with Crippen LogP contribution < -0.4 is 5.48 Å². The summed E-state index contributed by atoms with van der Waals surface area (Å²) in [5.41, 5.74) is 2.37. The van der Waals surface area contributed by atoms with Gasteiger partial charge in [-0.25, -0.2) is 20.3 Å². The Bertz CT molecular complexity index is 520. The number of piperidine rings is 1. The fourth-order valence-corrected chi connectivity index (χ4v) is 2.68. The lowest BCUT2D eigenvalue weighted by Crippen LogP contribution is -2.49. The van der Waals surface area contributed by atoms with Crippen LogP contribution in [0.1, 0.15) is 12.8 Å². The van der Waals surface area contributed by atoms with Crippen molar-refractivity contribution in [3.8, 4) is 0 Å². The number of nitrogens with zero attached hydrogens (tertiary/aromatic N) is 4. The quantitative estimate of drug-likeness (QED) is 0.437. The molecule has 2 N–H and O–H groups in total. The molecule has 3 heterocycles. The predicted molar refractivity (Wildman–Crippen MR) is 68.9 cm³/mol. The van der Waals surface area contributed by atoms with Gasteiger partial charge in [0.15, 0.2) is 0 Å². The zero-order chi connectivity index (χ0) is 14.8. The van der Waals surface area contributed by atoms with Crippen LogP contribution in [0.15, 0.2) is 18.7 Å². The van der Waals surface area contributed by atoms with E-state index in [1.807, 2.05) is 4.57 Å². The molecule has 0 aromatic carbocycles. The fourth-order valence-electron chi connectivity index (χ4n) is 2.68. The molecule has 2 aliphatic rings. The van der Waals surface area contributed by atoms with Crippen molar-refractivity contribution < 1.29 is 19.6 Å². The van der Waals surface area contributed by atoms with Gasteiger partial charge in [-0.15, -0.1) is 0 Å². The third-order valence-corrected chi connectivity index (χ3v) is 3.83. The molecule has 2 saturated heterocycles. The molecule has 0 saturated carbocycles. The van der Waals surface area contributed by atoms with Crippen molar-refractivity contribution >= 4 is 11.9 Å². The largest absolute Gasteiger partial charge is 0.344 e. The van der Waals surface area contributed by atoms with Crippen molar-refractivity contribution in [3.05, 3.63) is 18.7 Å². The van der Waals surface area contributed by atoms with Crippen LogP contribution >= 0.6 is 0 Å². The second-order valence-corrected chi connectivity index (χ2v) is 5.14. The van der Waals surface area contributed by atoms with Crippen LogP contribution in [0, 0.1) is 0 Å². The Hall–Kier alpha value is -2.13. The van der Waals surface area contributed by atoms with Gasteiger partial charge in [-0.1, -0.05) is 0 Å². The molecule has 2 aliphatic heterocycles. The maximum absolute atomic E-state index is 12.1. The molecule has 0 radical (unpaired) electrons. The molecule has 1 aromatic rings. The van der Waals surface area contributed by atoms with Gasteiger partial charge >= 0.3 is 6.03 Å². The number of rotatable bonds is 5. The number of carbonyl (C=O) groups excluding carboxylic acids is 2. The van der Waals surface area contributed by atoms with E-state index in [9.17, 15) is 14.8 Å². The molecular weight excluding hydrogens is 278 g/mol. The highest BCUT2D eigenvalue weighted by Gasteiger charge is 2.46. The second kappa shape index (κ2) is 5.70. The number of carbonyl (C=O) groups is 2. The summed E-state index contributed by atoms with van der Waals surface area (Å²) in [5, 5.41) is 10.3. The highest BCUT2D eigenvalue weighted by molar-refractivity contribution is 5.87. The highest BCUT2D eigenvalue weighted by Crippen LogP contribution is 2.28. The molecule has 2 fully saturated rings. The lowest BCUT2D eigenvalue weighted by atomic mass is 10.0. The molecule has 3 amide bonds. The van der Waals surface area contributed by atoms with Gasteiger partial charge < -0.3 is 9.47 Å². The molecule has 2 bridgehead atoms. The van der Waals surface area contributed by atoms with E-state index in [2.05, 4.69) is 10.5 Å². The summed E-state index contributed by atoms with van der Waals surface area (Å²) in [5.74, 6) is -0.359. The van der Waals surface area contributed by atoms with Crippen molar-refractivity contribution in [2.45, 2.75) is 31.5 Å². The van der Waals surface area contributed by atoms with Crippen LogP contribution in [0.2, 0.25) is 0 Å². The first-order valence-corrected chi connectivity index (χ1v) is 6.83. The fraction of sp³-hybridized carbons (Fsp3) is 0.583. The Morgan fingerprint density at radius 2 is 2.38 bits per heavy atom. The Labute approximate surface area is 121 Å². The van der Waals surface area contributed by atoms with Crippen LogP contribution in [0.5, 0.6) is 0 Å². The van der Waals surface area contributed by atoms with Crippen LogP contribution in [0.4, 0.5) is 4.79 Å². The monoisotopic (exact) mass is 295 g/mol. The lowest BCUT2D eigenvalue weighted by Gasteiger charge is -2.28. The van der Waals surface area contributed by atoms with Crippen molar-refractivity contribution in [1.29, 1.82) is 0 Å². The lowest BCUT2D eigenvalue weighted by molar-refractivity contribution is -0.139. The van der Waals surface area contributed by atoms with Crippen molar-refractivity contribution in [2.24, 2.45) is 0 Å². The van der Waals surface area contributed by atoms with E-state index in [1.54, 1.807) is 18.7 Å². The van der Waals surface area contributed by atoms with E-state index in [1.165, 1.54) is 4.90 Å². The van der Waals surface area contributed by atoms with Gasteiger partial charge in [-0.3, -0.25) is 14.8 Å². The van der Waals surface area contributed by atoms with Crippen molar-refractivity contribution in [2.75, 3.05) is 13.2 Å². The molecular formula is C12H17N5O4. The number of hydrogen-bond donors (Lipinski definition) is 2. The normalized spacial score (nSPS) is 24.5. The van der Waals surface area contributed by atoms with Gasteiger partial charge in [0, 0.05) is 25.5 Å². The minimum atomic E-state index is -0.584. The number of hydroxylamine groups is 3. The van der Waals surface area contributed by atoms with E-state index in [-0.39, 0.29) is 11.9 Å². The molecule has 1 aromatic heterocycles. The summed E-state index contributed by atoms with van der Waals surface area (Å²) in [7, 11) is 0. The van der Waals surface area contributed by atoms with Crippen LogP contribution in [-0.2, 0) is 16.2 Å². The van der Waals surface area contributed by atoms with Gasteiger partial charge in [0.2, 0.25) is 0 Å². The summed E-state index contributed by atoms with van der Waals surface area (Å²) < 4.78 is 1.82. The maximum atomic E-state index is 12.1. The van der Waals surface area contributed by atoms with Crippen LogP contribution in [0.25, 0.3) is 0 Å². The van der Waals surface area contributed by atoms with Gasteiger partial charge in [0.25, 0.3) is 5.91 Å². The highest BCUT2D eigenvalue weighted by atomic mass is 16.7. The van der Waals surface area contributed by atoms with Crippen molar-refractivity contribution in [1.82, 2.24) is 25.0 Å². The number of aromatic nitrogens is 2. The minimum Gasteiger partial charge on any atom is -0.335 e. The Morgan fingerprint density at radius 3 is 3.14 bits per heavy atom. The molecule has 21 heavy (non-hydrogen) atoms. The smallest absolute Gasteiger partial charge is 0.335 e. The Balaban J connectivity index is 1.46. The first-order chi connectivity index (χ1) is 10.2. The molecule has 3 rings (SSSR count). The molecule has 0 aliphatic carbocycles. The van der Waals surface area contributed by atoms with Crippen molar-refractivity contribution in [3.63, 3.8) is 0 Å². The number of nitrogens with one attached hydrogen (secondary N) is 1. The van der Waals surface area contributed by atoms with Gasteiger partial charge in [-0.2, -0.15) is 0 Å². The summed E-state index contributed by atoms with van der Waals surface area (Å²) in [6.45, 7) is 1.25. The number of imidazole rings is 1. The third kappa shape index (κ3) is 2.69. The topological polar surface area (TPSA) is 99.9 Å². The molecule has 9 nitrogen and oxygen atoms in total. The summed E-state index contributed by atoms with van der Waals surface area (Å²) >= 11 is 0. The maximum Gasteiger partial charge on any atom is 0.344 e. The summed E-state index contributed by atoms with van der Waals surface area (Å²) in [6, 6.07) is -1.31. The third-order valence-electron chi connectivity index (χ3n) is 3.83. The van der Waals surface area contributed by atoms with E-state index < -0.39 is 12.1 Å². The van der Waals surface area contributed by atoms with Crippen LogP contribution in [0.3, 0.4) is 0 Å². The molecule has 114 valence electrons. The standard InChI is InChI=1S/C12H17N5O4/c18-11(14-21-6-5-15-4-3-13-8-15)10-2-1-9-7-16(10)12(19)17(9)20/h3-4,8-10,20H,1-2,5-7H2,(H,14,18)/t9-,10+/m1/s1. The van der Waals surface area contributed by atoms with Gasteiger partial charge in [-0.05, 0) is 12.8 Å². The zero-order valence-corrected chi connectivity index (χ0v) is 11.4. The average molecular weight is 295 g/mol. The number of hydrogen-bond acceptors (Lipinski definition) is 5. The van der Waals surface area contributed by atoms with E-state index >= 15 is 0 Å². The predicted octanol–water partition coefficient (Wildman–Crippen LogP) is -0.411. The van der Waals surface area contributed by atoms with Gasteiger partial charge in [0.1, 0.15) is 6.04 Å². The van der Waals surface area contributed by atoms with Gasteiger partial charge in [0.05, 0.1) is 19.0 Å².